The number of hydrogen-bond acceptors (Lipinski definition) is 1. The van der Waals surface area contributed by atoms with E-state index in [1.807, 2.05) is 0 Å². The van der Waals surface area contributed by atoms with E-state index in [4.69, 9.17) is 0 Å². The van der Waals surface area contributed by atoms with Gasteiger partial charge in [-0.3, -0.25) is 5.32 Å². The molecule has 1 heterocycles. The van der Waals surface area contributed by atoms with E-state index in [1.54, 1.807) is 0 Å². The van der Waals surface area contributed by atoms with E-state index < -0.39 is 0 Å². The zero-order valence-corrected chi connectivity index (χ0v) is 8.55. The van der Waals surface area contributed by atoms with Crippen molar-refractivity contribution in [1.82, 2.24) is 5.32 Å². The summed E-state index contributed by atoms with van der Waals surface area (Å²) in [7, 11) is 0. The predicted octanol–water partition coefficient (Wildman–Crippen LogP) is 2.40. The summed E-state index contributed by atoms with van der Waals surface area (Å²) in [6, 6.07) is 8.58. The third-order valence-corrected chi connectivity index (χ3v) is 3.10. The van der Waals surface area contributed by atoms with Crippen LogP contribution >= 0.6 is 22.6 Å². The number of fused-ring (bicyclic) bond motifs is 1. The van der Waals surface area contributed by atoms with Crippen LogP contribution in [0.2, 0.25) is 0 Å². The van der Waals surface area contributed by atoms with Crippen LogP contribution in [0, 0.1) is 0 Å². The molecule has 1 N–H and O–H groups in total. The molecule has 0 saturated heterocycles. The summed E-state index contributed by atoms with van der Waals surface area (Å²) < 4.78 is 0.147. The number of hydrogen-bond donors (Lipinski definition) is 1. The largest absolute Gasteiger partial charge is 0.295 e. The summed E-state index contributed by atoms with van der Waals surface area (Å²) in [5.41, 5.74) is 2.87. The average molecular weight is 259 g/mol. The van der Waals surface area contributed by atoms with Crippen LogP contribution in [0.15, 0.2) is 24.3 Å². The Labute approximate surface area is 80.3 Å². The second-order valence-corrected chi connectivity index (χ2v) is 5.17. The molecule has 1 nitrogen and oxygen atoms in total. The highest BCUT2D eigenvalue weighted by atomic mass is 127. The van der Waals surface area contributed by atoms with Gasteiger partial charge >= 0.3 is 0 Å². The van der Waals surface area contributed by atoms with E-state index in [1.165, 1.54) is 11.1 Å². The summed E-state index contributed by atoms with van der Waals surface area (Å²) >= 11 is 2.45. The summed E-state index contributed by atoms with van der Waals surface area (Å²) in [5.74, 6) is 0. The van der Waals surface area contributed by atoms with E-state index >= 15 is 0 Å². The van der Waals surface area contributed by atoms with Gasteiger partial charge in [0.05, 0.1) is 3.55 Å². The Kier molecular flexibility index (Phi) is 1.68. The monoisotopic (exact) mass is 259 g/mol. The van der Waals surface area contributed by atoms with Gasteiger partial charge in [-0.25, -0.2) is 0 Å². The van der Waals surface area contributed by atoms with Gasteiger partial charge in [0.25, 0.3) is 0 Å². The van der Waals surface area contributed by atoms with Crippen LogP contribution in [0.3, 0.4) is 0 Å². The van der Waals surface area contributed by atoms with E-state index in [0.717, 1.165) is 6.54 Å². The lowest BCUT2D eigenvalue weighted by molar-refractivity contribution is 0.606. The Morgan fingerprint density at radius 3 is 2.91 bits per heavy atom. The van der Waals surface area contributed by atoms with Crippen LogP contribution in [0.25, 0.3) is 0 Å². The maximum atomic E-state index is 3.45. The molecule has 0 fully saturated rings. The van der Waals surface area contributed by atoms with E-state index in [0.29, 0.717) is 0 Å². The molecule has 0 aromatic heterocycles. The van der Waals surface area contributed by atoms with Crippen molar-refractivity contribution < 1.29 is 0 Å². The molecule has 1 aromatic carbocycles. The summed E-state index contributed by atoms with van der Waals surface area (Å²) in [4.78, 5) is 0. The second kappa shape index (κ2) is 2.45. The van der Waals surface area contributed by atoms with Gasteiger partial charge in [0, 0.05) is 6.54 Å². The highest BCUT2D eigenvalue weighted by molar-refractivity contribution is 14.1. The highest BCUT2D eigenvalue weighted by Gasteiger charge is 2.29. The van der Waals surface area contributed by atoms with Gasteiger partial charge in [0.1, 0.15) is 0 Å². The maximum Gasteiger partial charge on any atom is 0.0937 e. The first-order chi connectivity index (χ1) is 5.20. The molecule has 1 unspecified atom stereocenters. The molecule has 1 aliphatic rings. The van der Waals surface area contributed by atoms with Crippen molar-refractivity contribution in [1.29, 1.82) is 0 Å². The van der Waals surface area contributed by atoms with Crippen LogP contribution in [-0.2, 0) is 10.1 Å². The topological polar surface area (TPSA) is 12.0 Å². The number of rotatable bonds is 0. The van der Waals surface area contributed by atoms with Gasteiger partial charge in [0.2, 0.25) is 0 Å². The van der Waals surface area contributed by atoms with Gasteiger partial charge in [-0.2, -0.15) is 0 Å². The molecule has 11 heavy (non-hydrogen) atoms. The minimum atomic E-state index is 0.147. The molecular formula is C9H10IN. The molecule has 1 atom stereocenters. The third kappa shape index (κ3) is 1.18. The van der Waals surface area contributed by atoms with Crippen molar-refractivity contribution in [2.75, 3.05) is 0 Å². The molecule has 0 radical (unpaired) electrons. The van der Waals surface area contributed by atoms with Gasteiger partial charge in [-0.05, 0) is 18.1 Å². The Bertz CT molecular complexity index is 281. The van der Waals surface area contributed by atoms with Crippen LogP contribution in [-0.4, -0.2) is 0 Å². The number of benzene rings is 1. The van der Waals surface area contributed by atoms with E-state index in [-0.39, 0.29) is 3.55 Å². The molecule has 1 aliphatic heterocycles. The summed E-state index contributed by atoms with van der Waals surface area (Å²) in [6.07, 6.45) is 0. The lowest BCUT2D eigenvalue weighted by Gasteiger charge is -2.16. The molecule has 0 bridgehead atoms. The Balaban J connectivity index is 2.56. The van der Waals surface area contributed by atoms with Crippen molar-refractivity contribution in [3.05, 3.63) is 35.4 Å². The molecule has 2 heteroatoms. The molecule has 0 spiro atoms. The normalized spacial score (nSPS) is 28.5. The first-order valence-electron chi connectivity index (χ1n) is 3.72. The van der Waals surface area contributed by atoms with Gasteiger partial charge < -0.3 is 0 Å². The summed E-state index contributed by atoms with van der Waals surface area (Å²) in [5, 5.41) is 3.45. The van der Waals surface area contributed by atoms with Gasteiger partial charge in [0.15, 0.2) is 0 Å². The van der Waals surface area contributed by atoms with Crippen LogP contribution < -0.4 is 5.32 Å². The van der Waals surface area contributed by atoms with Crippen molar-refractivity contribution in [2.45, 2.75) is 17.0 Å². The number of alkyl halides is 1. The lowest BCUT2D eigenvalue weighted by Crippen LogP contribution is -2.24. The zero-order valence-electron chi connectivity index (χ0n) is 6.39. The van der Waals surface area contributed by atoms with Crippen molar-refractivity contribution >= 4 is 22.6 Å². The second-order valence-electron chi connectivity index (χ2n) is 3.01. The van der Waals surface area contributed by atoms with Crippen LogP contribution in [0.1, 0.15) is 18.1 Å². The van der Waals surface area contributed by atoms with Crippen LogP contribution in [0.5, 0.6) is 0 Å². The molecule has 0 saturated carbocycles. The Morgan fingerprint density at radius 1 is 1.45 bits per heavy atom. The first kappa shape index (κ1) is 7.55. The average Bonchev–Trinajstić information content (AvgIpc) is 2.29. The SMILES string of the molecule is CC1(I)NCc2ccccc21. The van der Waals surface area contributed by atoms with Crippen molar-refractivity contribution in [3.63, 3.8) is 0 Å². The Morgan fingerprint density at radius 2 is 2.18 bits per heavy atom. The molecule has 0 amide bonds. The first-order valence-corrected chi connectivity index (χ1v) is 4.80. The molecular weight excluding hydrogens is 249 g/mol. The van der Waals surface area contributed by atoms with E-state index in [9.17, 15) is 0 Å². The number of nitrogens with one attached hydrogen (secondary N) is 1. The Hall–Kier alpha value is -0.0900. The van der Waals surface area contributed by atoms with Crippen molar-refractivity contribution in [2.24, 2.45) is 0 Å². The van der Waals surface area contributed by atoms with Crippen molar-refractivity contribution in [3.8, 4) is 0 Å². The quantitative estimate of drug-likeness (QED) is 0.428. The molecule has 0 aliphatic carbocycles. The summed E-state index contributed by atoms with van der Waals surface area (Å²) in [6.45, 7) is 3.22. The zero-order chi connectivity index (χ0) is 7.90. The van der Waals surface area contributed by atoms with Gasteiger partial charge in [-0.1, -0.05) is 46.9 Å². The lowest BCUT2D eigenvalue weighted by atomic mass is 10.1. The fourth-order valence-corrected chi connectivity index (χ4v) is 2.21. The van der Waals surface area contributed by atoms with Crippen LogP contribution in [0.4, 0.5) is 0 Å². The minimum absolute atomic E-state index is 0.147. The highest BCUT2D eigenvalue weighted by Crippen LogP contribution is 2.35. The smallest absolute Gasteiger partial charge is 0.0937 e. The standard InChI is InChI=1S/C9H10IN/c1-9(10)8-5-3-2-4-7(8)6-11-9/h2-5,11H,6H2,1H3. The molecule has 2 rings (SSSR count). The number of halogens is 1. The van der Waals surface area contributed by atoms with E-state index in [2.05, 4.69) is 59.1 Å². The fourth-order valence-electron chi connectivity index (χ4n) is 1.49. The molecule has 1 aromatic rings. The molecule has 58 valence electrons. The minimum Gasteiger partial charge on any atom is -0.295 e. The maximum absolute atomic E-state index is 3.45. The predicted molar refractivity (Wildman–Crippen MR) is 54.7 cm³/mol. The fraction of sp³-hybridized carbons (Fsp3) is 0.333. The van der Waals surface area contributed by atoms with Gasteiger partial charge in [-0.15, -0.1) is 0 Å². The third-order valence-electron chi connectivity index (χ3n) is 2.13.